The van der Waals surface area contributed by atoms with Gasteiger partial charge in [-0.25, -0.2) is 0 Å². The van der Waals surface area contributed by atoms with Crippen molar-refractivity contribution in [2.45, 2.75) is 25.9 Å². The first-order valence-electron chi connectivity index (χ1n) is 8.33. The average molecular weight is 311 g/mol. The van der Waals surface area contributed by atoms with Crippen molar-refractivity contribution in [1.29, 1.82) is 0 Å². The van der Waals surface area contributed by atoms with E-state index in [0.717, 1.165) is 48.4 Å². The predicted molar refractivity (Wildman–Crippen MR) is 93.7 cm³/mol. The van der Waals surface area contributed by atoms with E-state index in [1.165, 1.54) is 5.56 Å². The monoisotopic (exact) mass is 311 g/mol. The maximum atomic E-state index is 10.6. The number of hydrogen-bond donors (Lipinski definition) is 2. The highest BCUT2D eigenvalue weighted by atomic mass is 16.5. The van der Waals surface area contributed by atoms with Crippen LogP contribution in [0.5, 0.6) is 5.75 Å². The van der Waals surface area contributed by atoms with Crippen molar-refractivity contribution in [2.75, 3.05) is 20.2 Å². The molecule has 0 bridgehead atoms. The second-order valence-electron chi connectivity index (χ2n) is 6.36. The number of aliphatic hydroxyl groups is 1. The van der Waals surface area contributed by atoms with Crippen LogP contribution in [0.3, 0.4) is 0 Å². The van der Waals surface area contributed by atoms with E-state index in [1.54, 1.807) is 7.11 Å². The molecule has 3 rings (SSSR count). The summed E-state index contributed by atoms with van der Waals surface area (Å²) >= 11 is 0. The van der Waals surface area contributed by atoms with E-state index < -0.39 is 0 Å². The molecular formula is C20H25NO2. The predicted octanol–water partition coefficient (Wildman–Crippen LogP) is 3.70. The van der Waals surface area contributed by atoms with Gasteiger partial charge in [-0.3, -0.25) is 0 Å². The van der Waals surface area contributed by atoms with Gasteiger partial charge in [0.15, 0.2) is 0 Å². The molecule has 1 fully saturated rings. The van der Waals surface area contributed by atoms with Crippen molar-refractivity contribution < 1.29 is 9.84 Å². The number of piperidine rings is 1. The molecule has 0 aromatic heterocycles. The third-order valence-electron chi connectivity index (χ3n) is 4.76. The molecule has 0 radical (unpaired) electrons. The number of benzene rings is 2. The standard InChI is InChI=1S/C20H25NO2/c1-14-12-17(9-10-19(14)23-2)15-5-7-16(8-6-15)20(22)18-4-3-11-21-13-18/h5-10,12,18,20-22H,3-4,11,13H2,1-2H3. The van der Waals surface area contributed by atoms with Crippen LogP contribution in [-0.4, -0.2) is 25.3 Å². The van der Waals surface area contributed by atoms with Crippen LogP contribution >= 0.6 is 0 Å². The molecule has 0 amide bonds. The molecule has 2 atom stereocenters. The van der Waals surface area contributed by atoms with Crippen molar-refractivity contribution in [1.82, 2.24) is 5.32 Å². The topological polar surface area (TPSA) is 41.5 Å². The quantitative estimate of drug-likeness (QED) is 0.904. The molecule has 2 unspecified atom stereocenters. The number of methoxy groups -OCH3 is 1. The molecule has 2 aromatic rings. The van der Waals surface area contributed by atoms with Gasteiger partial charge in [0.1, 0.15) is 5.75 Å². The number of rotatable bonds is 4. The van der Waals surface area contributed by atoms with Crippen molar-refractivity contribution in [3.8, 4) is 16.9 Å². The van der Waals surface area contributed by atoms with Gasteiger partial charge in [0.25, 0.3) is 0 Å². The summed E-state index contributed by atoms with van der Waals surface area (Å²) in [5.74, 6) is 1.23. The summed E-state index contributed by atoms with van der Waals surface area (Å²) in [6.07, 6.45) is 1.85. The zero-order valence-corrected chi connectivity index (χ0v) is 13.9. The zero-order valence-electron chi connectivity index (χ0n) is 13.9. The molecular weight excluding hydrogens is 286 g/mol. The van der Waals surface area contributed by atoms with Crippen LogP contribution in [0.25, 0.3) is 11.1 Å². The summed E-state index contributed by atoms with van der Waals surface area (Å²) < 4.78 is 5.31. The highest BCUT2D eigenvalue weighted by molar-refractivity contribution is 5.66. The van der Waals surface area contributed by atoms with Crippen molar-refractivity contribution in [3.63, 3.8) is 0 Å². The maximum absolute atomic E-state index is 10.6. The lowest BCUT2D eigenvalue weighted by atomic mass is 9.89. The smallest absolute Gasteiger partial charge is 0.121 e. The Labute approximate surface area is 138 Å². The van der Waals surface area contributed by atoms with Gasteiger partial charge in [-0.2, -0.15) is 0 Å². The van der Waals surface area contributed by atoms with Gasteiger partial charge in [-0.05, 0) is 60.7 Å². The van der Waals surface area contributed by atoms with Crippen LogP contribution in [0.15, 0.2) is 42.5 Å². The lowest BCUT2D eigenvalue weighted by molar-refractivity contribution is 0.0922. The van der Waals surface area contributed by atoms with Gasteiger partial charge in [-0.15, -0.1) is 0 Å². The molecule has 2 N–H and O–H groups in total. The fourth-order valence-corrected chi connectivity index (χ4v) is 3.35. The molecule has 3 nitrogen and oxygen atoms in total. The molecule has 3 heteroatoms. The van der Waals surface area contributed by atoms with E-state index in [-0.39, 0.29) is 6.10 Å². The van der Waals surface area contributed by atoms with Gasteiger partial charge in [0.05, 0.1) is 13.2 Å². The Balaban J connectivity index is 1.77. The van der Waals surface area contributed by atoms with E-state index in [9.17, 15) is 5.11 Å². The Kier molecular flexibility index (Phi) is 4.99. The zero-order chi connectivity index (χ0) is 16.2. The third kappa shape index (κ3) is 3.57. The molecule has 23 heavy (non-hydrogen) atoms. The SMILES string of the molecule is COc1ccc(-c2ccc(C(O)C3CCCNC3)cc2)cc1C. The van der Waals surface area contributed by atoms with Crippen molar-refractivity contribution >= 4 is 0 Å². The summed E-state index contributed by atoms with van der Waals surface area (Å²) in [7, 11) is 1.69. The Morgan fingerprint density at radius 2 is 1.87 bits per heavy atom. The number of nitrogens with one attached hydrogen (secondary N) is 1. The van der Waals surface area contributed by atoms with Crippen molar-refractivity contribution in [3.05, 3.63) is 53.6 Å². The molecule has 0 aliphatic carbocycles. The molecule has 122 valence electrons. The first-order valence-corrected chi connectivity index (χ1v) is 8.33. The summed E-state index contributed by atoms with van der Waals surface area (Å²) in [5, 5.41) is 13.9. The fraction of sp³-hybridized carbons (Fsp3) is 0.400. The molecule has 0 spiro atoms. The molecule has 1 aliphatic rings. The van der Waals surface area contributed by atoms with Gasteiger partial charge < -0.3 is 15.2 Å². The molecule has 0 saturated carbocycles. The average Bonchev–Trinajstić information content (AvgIpc) is 2.62. The second-order valence-corrected chi connectivity index (χ2v) is 6.36. The Bertz CT molecular complexity index is 645. The van der Waals surface area contributed by atoms with Crippen molar-refractivity contribution in [2.24, 2.45) is 5.92 Å². The number of aryl methyl sites for hydroxylation is 1. The third-order valence-corrected chi connectivity index (χ3v) is 4.76. The van der Waals surface area contributed by atoms with Gasteiger partial charge in [-0.1, -0.05) is 30.3 Å². The fourth-order valence-electron chi connectivity index (χ4n) is 3.35. The normalized spacial score (nSPS) is 19.3. The Hall–Kier alpha value is -1.84. The minimum Gasteiger partial charge on any atom is -0.496 e. The lowest BCUT2D eigenvalue weighted by Gasteiger charge is -2.27. The van der Waals surface area contributed by atoms with E-state index in [2.05, 4.69) is 36.5 Å². The summed E-state index contributed by atoms with van der Waals surface area (Å²) in [6, 6.07) is 14.5. The number of ether oxygens (including phenoxy) is 1. The number of hydrogen-bond acceptors (Lipinski definition) is 3. The van der Waals surface area contributed by atoms with E-state index in [1.807, 2.05) is 18.2 Å². The molecule has 2 aromatic carbocycles. The summed E-state index contributed by atoms with van der Waals surface area (Å²) in [6.45, 7) is 4.02. The molecule has 1 aliphatic heterocycles. The van der Waals surface area contributed by atoms with E-state index >= 15 is 0 Å². The maximum Gasteiger partial charge on any atom is 0.121 e. The van der Waals surface area contributed by atoms with Crippen LogP contribution in [0.2, 0.25) is 0 Å². The largest absolute Gasteiger partial charge is 0.496 e. The lowest BCUT2D eigenvalue weighted by Crippen LogP contribution is -2.33. The van der Waals surface area contributed by atoms with Gasteiger partial charge in [0, 0.05) is 12.5 Å². The van der Waals surface area contributed by atoms with Crippen LogP contribution in [0.1, 0.15) is 30.1 Å². The van der Waals surface area contributed by atoms with Crippen LogP contribution in [0, 0.1) is 12.8 Å². The van der Waals surface area contributed by atoms with E-state index in [0.29, 0.717) is 5.92 Å². The molecule has 1 saturated heterocycles. The number of aliphatic hydroxyl groups excluding tert-OH is 1. The minimum absolute atomic E-state index is 0.317. The van der Waals surface area contributed by atoms with Crippen LogP contribution in [-0.2, 0) is 0 Å². The highest BCUT2D eigenvalue weighted by Gasteiger charge is 2.22. The van der Waals surface area contributed by atoms with E-state index in [4.69, 9.17) is 4.74 Å². The van der Waals surface area contributed by atoms with Crippen LogP contribution in [0.4, 0.5) is 0 Å². The second kappa shape index (κ2) is 7.16. The molecule has 1 heterocycles. The first-order chi connectivity index (χ1) is 11.2. The van der Waals surface area contributed by atoms with Gasteiger partial charge >= 0.3 is 0 Å². The first kappa shape index (κ1) is 16.0. The summed E-state index contributed by atoms with van der Waals surface area (Å²) in [4.78, 5) is 0. The Morgan fingerprint density at radius 3 is 2.48 bits per heavy atom. The Morgan fingerprint density at radius 1 is 1.13 bits per heavy atom. The highest BCUT2D eigenvalue weighted by Crippen LogP contribution is 2.30. The summed E-state index contributed by atoms with van der Waals surface area (Å²) in [5.41, 5.74) is 4.47. The van der Waals surface area contributed by atoms with Gasteiger partial charge in [0.2, 0.25) is 0 Å². The minimum atomic E-state index is -0.380. The van der Waals surface area contributed by atoms with Crippen LogP contribution < -0.4 is 10.1 Å².